The van der Waals surface area contributed by atoms with Gasteiger partial charge in [-0.05, 0) is 12.1 Å². The van der Waals surface area contributed by atoms with E-state index in [2.05, 4.69) is 5.10 Å². The van der Waals surface area contributed by atoms with Gasteiger partial charge in [-0.15, -0.1) is 17.5 Å². The van der Waals surface area contributed by atoms with Crippen LogP contribution in [0.2, 0.25) is 0 Å². The molecule has 0 radical (unpaired) electrons. The minimum absolute atomic E-state index is 0. The Morgan fingerprint density at radius 2 is 1.50 bits per heavy atom. The van der Waals surface area contributed by atoms with Crippen molar-refractivity contribution in [1.82, 2.24) is 5.01 Å². The van der Waals surface area contributed by atoms with E-state index < -0.39 is 11.8 Å². The van der Waals surface area contributed by atoms with Crippen LogP contribution in [0.3, 0.4) is 0 Å². The lowest BCUT2D eigenvalue weighted by Crippen LogP contribution is -2.32. The van der Waals surface area contributed by atoms with E-state index in [1.807, 2.05) is 0 Å². The van der Waals surface area contributed by atoms with E-state index in [0.717, 1.165) is 0 Å². The van der Waals surface area contributed by atoms with E-state index in [1.165, 1.54) is 0 Å². The van der Waals surface area contributed by atoms with E-state index in [0.29, 0.717) is 16.1 Å². The maximum absolute atomic E-state index is 11.6. The standard InChI is InChI=1S/C9H8N4O2.ClH/c10-9(11)12-13-7(14)5-3-1-2-4-6(5)8(13)15;/h1-4H,(H4,10,11,12);1H. The van der Waals surface area contributed by atoms with Crippen molar-refractivity contribution in [1.29, 1.82) is 0 Å². The highest BCUT2D eigenvalue weighted by atomic mass is 35.5. The minimum Gasteiger partial charge on any atom is -0.369 e. The Kier molecular flexibility index (Phi) is 3.14. The van der Waals surface area contributed by atoms with E-state index in [-0.39, 0.29) is 18.4 Å². The highest BCUT2D eigenvalue weighted by molar-refractivity contribution is 6.21. The van der Waals surface area contributed by atoms with Gasteiger partial charge in [0.1, 0.15) is 0 Å². The van der Waals surface area contributed by atoms with Crippen LogP contribution in [0.5, 0.6) is 0 Å². The van der Waals surface area contributed by atoms with Crippen LogP contribution in [0.4, 0.5) is 0 Å². The van der Waals surface area contributed by atoms with Crippen molar-refractivity contribution in [3.63, 3.8) is 0 Å². The molecule has 0 unspecified atom stereocenters. The lowest BCUT2D eigenvalue weighted by Gasteiger charge is -2.05. The number of halogens is 1. The second-order valence-corrected chi connectivity index (χ2v) is 2.99. The Balaban J connectivity index is 0.00000128. The summed E-state index contributed by atoms with van der Waals surface area (Å²) in [4.78, 5) is 23.3. The third-order valence-corrected chi connectivity index (χ3v) is 1.99. The molecule has 4 N–H and O–H groups in total. The number of nitrogens with zero attached hydrogens (tertiary/aromatic N) is 2. The average molecular weight is 241 g/mol. The molecular formula is C9H9ClN4O2. The maximum atomic E-state index is 11.6. The number of hydrogen-bond donors (Lipinski definition) is 2. The number of amides is 2. The van der Waals surface area contributed by atoms with Gasteiger partial charge < -0.3 is 11.5 Å². The third-order valence-electron chi connectivity index (χ3n) is 1.99. The molecule has 6 nitrogen and oxygen atoms in total. The predicted molar refractivity (Wildman–Crippen MR) is 60.0 cm³/mol. The molecule has 0 saturated carbocycles. The first kappa shape index (κ1) is 12.0. The minimum atomic E-state index is -0.510. The SMILES string of the molecule is Cl.NC(N)=NN1C(=O)c2ccccc2C1=O. The molecule has 1 aliphatic heterocycles. The van der Waals surface area contributed by atoms with Gasteiger partial charge in [0.05, 0.1) is 11.1 Å². The molecule has 84 valence electrons. The molecule has 7 heteroatoms. The molecule has 1 heterocycles. The average Bonchev–Trinajstić information content (AvgIpc) is 2.44. The summed E-state index contributed by atoms with van der Waals surface area (Å²) in [6, 6.07) is 6.45. The summed E-state index contributed by atoms with van der Waals surface area (Å²) in [5, 5.41) is 4.13. The van der Waals surface area contributed by atoms with Crippen LogP contribution in [0, 0.1) is 0 Å². The summed E-state index contributed by atoms with van der Waals surface area (Å²) in [5.74, 6) is -1.35. The molecule has 0 atom stereocenters. The van der Waals surface area contributed by atoms with Crippen LogP contribution in [0.15, 0.2) is 29.4 Å². The van der Waals surface area contributed by atoms with Crippen LogP contribution in [0.1, 0.15) is 20.7 Å². The van der Waals surface area contributed by atoms with E-state index in [9.17, 15) is 9.59 Å². The lowest BCUT2D eigenvalue weighted by atomic mass is 10.1. The molecule has 0 spiro atoms. The number of carbonyl (C=O) groups is 2. The van der Waals surface area contributed by atoms with Crippen LogP contribution in [-0.4, -0.2) is 22.8 Å². The van der Waals surface area contributed by atoms with Crippen molar-refractivity contribution in [3.05, 3.63) is 35.4 Å². The van der Waals surface area contributed by atoms with Crippen LogP contribution >= 0.6 is 12.4 Å². The second-order valence-electron chi connectivity index (χ2n) is 2.99. The molecule has 1 aromatic rings. The van der Waals surface area contributed by atoms with E-state index >= 15 is 0 Å². The maximum Gasteiger partial charge on any atom is 0.282 e. The molecule has 2 amide bonds. The lowest BCUT2D eigenvalue weighted by molar-refractivity contribution is 0.0658. The largest absolute Gasteiger partial charge is 0.369 e. The Labute approximate surface area is 97.3 Å². The fraction of sp³-hybridized carbons (Fsp3) is 0. The topological polar surface area (TPSA) is 102 Å². The van der Waals surface area contributed by atoms with Crippen molar-refractivity contribution in [2.75, 3.05) is 0 Å². The van der Waals surface area contributed by atoms with Crippen molar-refractivity contribution in [2.24, 2.45) is 16.6 Å². The van der Waals surface area contributed by atoms with Gasteiger partial charge in [0, 0.05) is 0 Å². The monoisotopic (exact) mass is 240 g/mol. The van der Waals surface area contributed by atoms with Gasteiger partial charge in [-0.2, -0.15) is 5.01 Å². The van der Waals surface area contributed by atoms with Gasteiger partial charge in [0.2, 0.25) is 5.96 Å². The van der Waals surface area contributed by atoms with E-state index in [1.54, 1.807) is 24.3 Å². The molecule has 0 aromatic heterocycles. The zero-order valence-electron chi connectivity index (χ0n) is 8.08. The number of carbonyl (C=O) groups excluding carboxylic acids is 2. The molecule has 0 fully saturated rings. The smallest absolute Gasteiger partial charge is 0.282 e. The fourth-order valence-electron chi connectivity index (χ4n) is 1.38. The quantitative estimate of drug-likeness (QED) is 0.406. The molecular weight excluding hydrogens is 232 g/mol. The number of guanidine groups is 1. The number of nitrogens with two attached hydrogens (primary N) is 2. The molecule has 0 bridgehead atoms. The third kappa shape index (κ3) is 1.70. The first-order valence-electron chi connectivity index (χ1n) is 4.18. The number of hydrogen-bond acceptors (Lipinski definition) is 3. The van der Waals surface area contributed by atoms with Crippen molar-refractivity contribution in [2.45, 2.75) is 0 Å². The predicted octanol–water partition coefficient (Wildman–Crippen LogP) is -0.107. The number of hydrazone groups is 1. The summed E-state index contributed by atoms with van der Waals surface area (Å²) in [7, 11) is 0. The normalized spacial score (nSPS) is 13.1. The zero-order chi connectivity index (χ0) is 11.0. The van der Waals surface area contributed by atoms with Gasteiger partial charge in [-0.25, -0.2) is 0 Å². The molecule has 16 heavy (non-hydrogen) atoms. The fourth-order valence-corrected chi connectivity index (χ4v) is 1.38. The van der Waals surface area contributed by atoms with Crippen LogP contribution in [-0.2, 0) is 0 Å². The van der Waals surface area contributed by atoms with E-state index in [4.69, 9.17) is 11.5 Å². The van der Waals surface area contributed by atoms with Gasteiger partial charge in [-0.3, -0.25) is 9.59 Å². The van der Waals surface area contributed by atoms with Gasteiger partial charge in [-0.1, -0.05) is 12.1 Å². The first-order valence-corrected chi connectivity index (χ1v) is 4.18. The Bertz CT molecular complexity index is 447. The van der Waals surface area contributed by atoms with Gasteiger partial charge >= 0.3 is 0 Å². The summed E-state index contributed by atoms with van der Waals surface area (Å²) in [6.07, 6.45) is 0. The van der Waals surface area contributed by atoms with Gasteiger partial charge in [0.25, 0.3) is 11.8 Å². The number of imide groups is 1. The molecule has 0 saturated heterocycles. The zero-order valence-corrected chi connectivity index (χ0v) is 8.90. The molecule has 1 aromatic carbocycles. The summed E-state index contributed by atoms with van der Waals surface area (Å²) >= 11 is 0. The highest BCUT2D eigenvalue weighted by Crippen LogP contribution is 2.22. The highest BCUT2D eigenvalue weighted by Gasteiger charge is 2.35. The number of fused-ring (bicyclic) bond motifs is 1. The molecule has 0 aliphatic carbocycles. The molecule has 1 aliphatic rings. The summed E-state index contributed by atoms with van der Waals surface area (Å²) in [6.45, 7) is 0. The van der Waals surface area contributed by atoms with Crippen LogP contribution < -0.4 is 11.5 Å². The second kappa shape index (κ2) is 4.19. The van der Waals surface area contributed by atoms with Crippen molar-refractivity contribution < 1.29 is 9.59 Å². The Morgan fingerprint density at radius 3 is 1.88 bits per heavy atom. The summed E-state index contributed by atoms with van der Waals surface area (Å²) < 4.78 is 0. The Hall–Kier alpha value is -2.08. The van der Waals surface area contributed by atoms with Crippen molar-refractivity contribution >= 4 is 30.2 Å². The van der Waals surface area contributed by atoms with Crippen LogP contribution in [0.25, 0.3) is 0 Å². The number of benzene rings is 1. The number of rotatable bonds is 1. The van der Waals surface area contributed by atoms with Crippen molar-refractivity contribution in [3.8, 4) is 0 Å². The van der Waals surface area contributed by atoms with Gasteiger partial charge in [0.15, 0.2) is 0 Å². The molecule has 2 rings (SSSR count). The first-order chi connectivity index (χ1) is 7.11. The summed E-state index contributed by atoms with van der Waals surface area (Å²) in [5.41, 5.74) is 10.9. The Morgan fingerprint density at radius 1 is 1.06 bits per heavy atom.